The molecule has 1 aromatic carbocycles. The predicted octanol–water partition coefficient (Wildman–Crippen LogP) is 3.67. The van der Waals surface area contributed by atoms with Crippen LogP contribution >= 0.6 is 11.6 Å². The molecule has 0 amide bonds. The van der Waals surface area contributed by atoms with E-state index in [2.05, 4.69) is 29.1 Å². The first kappa shape index (κ1) is 14.8. The Kier molecular flexibility index (Phi) is 5.32. The summed E-state index contributed by atoms with van der Waals surface area (Å²) in [6.45, 7) is 6.08. The number of halogens is 1. The Morgan fingerprint density at radius 1 is 1.15 bits per heavy atom. The molecule has 1 aromatic heterocycles. The van der Waals surface area contributed by atoms with Gasteiger partial charge in [-0.2, -0.15) is 0 Å². The number of nitrogens with zero attached hydrogens (tertiary/aromatic N) is 2. The fraction of sp³-hybridized carbons (Fsp3) is 0.333. The Labute approximate surface area is 124 Å². The highest BCUT2D eigenvalue weighted by atomic mass is 35.5. The number of rotatable bonds is 6. The molecule has 0 spiro atoms. The lowest BCUT2D eigenvalue weighted by molar-refractivity contribution is 0.440. The summed E-state index contributed by atoms with van der Waals surface area (Å²) in [5.74, 6) is 1.29. The zero-order valence-corrected chi connectivity index (χ0v) is 12.4. The Balaban J connectivity index is 1.89. The standard InChI is InChI=1S/C15H18ClN3O/c1-11(2)7-17-8-12-9-18-15(19-10-12)20-14-5-3-13(16)4-6-14/h3-6,9-11,17H,7-8H2,1-2H3. The van der Waals surface area contributed by atoms with E-state index in [-0.39, 0.29) is 0 Å². The average Bonchev–Trinajstić information content (AvgIpc) is 2.43. The van der Waals surface area contributed by atoms with Crippen LogP contribution in [0.3, 0.4) is 0 Å². The van der Waals surface area contributed by atoms with Crippen molar-refractivity contribution in [3.63, 3.8) is 0 Å². The Morgan fingerprint density at radius 2 is 1.80 bits per heavy atom. The molecule has 4 nitrogen and oxygen atoms in total. The maximum atomic E-state index is 5.81. The smallest absolute Gasteiger partial charge is 0.321 e. The molecule has 0 aliphatic heterocycles. The van der Waals surface area contributed by atoms with E-state index in [4.69, 9.17) is 16.3 Å². The van der Waals surface area contributed by atoms with Gasteiger partial charge in [0.25, 0.3) is 0 Å². The average molecular weight is 292 g/mol. The summed E-state index contributed by atoms with van der Waals surface area (Å²) in [4.78, 5) is 8.38. The Hall–Kier alpha value is -1.65. The van der Waals surface area contributed by atoms with E-state index in [0.717, 1.165) is 18.7 Å². The zero-order valence-electron chi connectivity index (χ0n) is 11.6. The van der Waals surface area contributed by atoms with E-state index in [1.807, 2.05) is 0 Å². The fourth-order valence-electron chi connectivity index (χ4n) is 1.60. The van der Waals surface area contributed by atoms with Crippen molar-refractivity contribution in [2.75, 3.05) is 6.54 Å². The van der Waals surface area contributed by atoms with Gasteiger partial charge in [-0.3, -0.25) is 0 Å². The van der Waals surface area contributed by atoms with E-state index >= 15 is 0 Å². The molecule has 2 aromatic rings. The van der Waals surface area contributed by atoms with Crippen LogP contribution in [-0.2, 0) is 6.54 Å². The van der Waals surface area contributed by atoms with Gasteiger partial charge in [-0.15, -0.1) is 0 Å². The molecule has 0 saturated heterocycles. The fourth-order valence-corrected chi connectivity index (χ4v) is 1.73. The summed E-state index contributed by atoms with van der Waals surface area (Å²) >= 11 is 5.81. The van der Waals surface area contributed by atoms with Crippen molar-refractivity contribution in [2.24, 2.45) is 5.92 Å². The summed E-state index contributed by atoms with van der Waals surface area (Å²) in [7, 11) is 0. The Morgan fingerprint density at radius 3 is 2.40 bits per heavy atom. The summed E-state index contributed by atoms with van der Waals surface area (Å²) < 4.78 is 5.53. The van der Waals surface area contributed by atoms with Gasteiger partial charge in [0.2, 0.25) is 0 Å². The lowest BCUT2D eigenvalue weighted by Crippen LogP contribution is -2.19. The predicted molar refractivity (Wildman–Crippen MR) is 80.1 cm³/mol. The van der Waals surface area contributed by atoms with Crippen LogP contribution in [0.1, 0.15) is 19.4 Å². The second-order valence-corrected chi connectivity index (χ2v) is 5.39. The highest BCUT2D eigenvalue weighted by Gasteiger charge is 2.01. The molecule has 106 valence electrons. The molecule has 0 fully saturated rings. The largest absolute Gasteiger partial charge is 0.424 e. The molecule has 0 unspecified atom stereocenters. The van der Waals surface area contributed by atoms with Crippen LogP contribution in [0.15, 0.2) is 36.7 Å². The molecule has 2 rings (SSSR count). The number of aromatic nitrogens is 2. The minimum Gasteiger partial charge on any atom is -0.424 e. The number of ether oxygens (including phenoxy) is 1. The molecule has 1 N–H and O–H groups in total. The van der Waals surface area contributed by atoms with E-state index in [0.29, 0.717) is 22.7 Å². The van der Waals surface area contributed by atoms with Gasteiger partial charge in [0.15, 0.2) is 0 Å². The summed E-state index contributed by atoms with van der Waals surface area (Å²) in [6.07, 6.45) is 3.54. The van der Waals surface area contributed by atoms with E-state index in [1.165, 1.54) is 0 Å². The first-order valence-corrected chi connectivity index (χ1v) is 6.96. The minimum atomic E-state index is 0.333. The third kappa shape index (κ3) is 4.79. The number of hydrogen-bond acceptors (Lipinski definition) is 4. The summed E-state index contributed by atoms with van der Waals surface area (Å²) in [5, 5.41) is 4.01. The van der Waals surface area contributed by atoms with Crippen molar-refractivity contribution < 1.29 is 4.74 Å². The first-order valence-electron chi connectivity index (χ1n) is 6.58. The third-order valence-corrected chi connectivity index (χ3v) is 2.84. The van der Waals surface area contributed by atoms with Gasteiger partial charge in [-0.05, 0) is 36.7 Å². The second-order valence-electron chi connectivity index (χ2n) is 4.95. The summed E-state index contributed by atoms with van der Waals surface area (Å²) in [5.41, 5.74) is 1.04. The molecule has 0 bridgehead atoms. The molecule has 1 heterocycles. The van der Waals surface area contributed by atoms with Crippen LogP contribution in [0, 0.1) is 5.92 Å². The van der Waals surface area contributed by atoms with Crippen LogP contribution in [0.4, 0.5) is 0 Å². The van der Waals surface area contributed by atoms with Crippen LogP contribution in [0.25, 0.3) is 0 Å². The lowest BCUT2D eigenvalue weighted by Gasteiger charge is -2.07. The number of hydrogen-bond donors (Lipinski definition) is 1. The normalized spacial score (nSPS) is 10.8. The maximum absolute atomic E-state index is 5.81. The van der Waals surface area contributed by atoms with Crippen molar-refractivity contribution in [3.05, 3.63) is 47.2 Å². The molecule has 0 saturated carbocycles. The topological polar surface area (TPSA) is 47.0 Å². The minimum absolute atomic E-state index is 0.333. The van der Waals surface area contributed by atoms with Gasteiger partial charge in [-0.25, -0.2) is 9.97 Å². The molecule has 0 atom stereocenters. The van der Waals surface area contributed by atoms with Gasteiger partial charge in [0.1, 0.15) is 5.75 Å². The highest BCUT2D eigenvalue weighted by molar-refractivity contribution is 6.30. The maximum Gasteiger partial charge on any atom is 0.321 e. The van der Waals surface area contributed by atoms with E-state index < -0.39 is 0 Å². The van der Waals surface area contributed by atoms with Crippen molar-refractivity contribution >= 4 is 11.6 Å². The first-order chi connectivity index (χ1) is 9.63. The Bertz CT molecular complexity index is 526. The van der Waals surface area contributed by atoms with Gasteiger partial charge >= 0.3 is 6.01 Å². The molecular weight excluding hydrogens is 274 g/mol. The van der Waals surface area contributed by atoms with Gasteiger partial charge in [-0.1, -0.05) is 25.4 Å². The van der Waals surface area contributed by atoms with Gasteiger partial charge in [0.05, 0.1) is 0 Å². The SMILES string of the molecule is CC(C)CNCc1cnc(Oc2ccc(Cl)cc2)nc1. The number of benzene rings is 1. The van der Waals surface area contributed by atoms with Crippen molar-refractivity contribution in [2.45, 2.75) is 20.4 Å². The van der Waals surface area contributed by atoms with Crippen molar-refractivity contribution in [1.29, 1.82) is 0 Å². The molecule has 0 aliphatic rings. The number of nitrogens with one attached hydrogen (secondary N) is 1. The van der Waals surface area contributed by atoms with Crippen LogP contribution in [0.2, 0.25) is 5.02 Å². The molecular formula is C15H18ClN3O. The quantitative estimate of drug-likeness (QED) is 0.882. The lowest BCUT2D eigenvalue weighted by atomic mass is 10.2. The summed E-state index contributed by atoms with van der Waals surface area (Å²) in [6, 6.07) is 7.43. The van der Waals surface area contributed by atoms with Crippen molar-refractivity contribution in [3.8, 4) is 11.8 Å². The van der Waals surface area contributed by atoms with Gasteiger partial charge < -0.3 is 10.1 Å². The molecule has 5 heteroatoms. The molecule has 0 aliphatic carbocycles. The zero-order chi connectivity index (χ0) is 14.4. The molecule has 0 radical (unpaired) electrons. The van der Waals surface area contributed by atoms with Crippen LogP contribution in [0.5, 0.6) is 11.8 Å². The van der Waals surface area contributed by atoms with Crippen LogP contribution in [-0.4, -0.2) is 16.5 Å². The monoisotopic (exact) mass is 291 g/mol. The third-order valence-electron chi connectivity index (χ3n) is 2.59. The van der Waals surface area contributed by atoms with Crippen LogP contribution < -0.4 is 10.1 Å². The molecule has 20 heavy (non-hydrogen) atoms. The van der Waals surface area contributed by atoms with Crippen molar-refractivity contribution in [1.82, 2.24) is 15.3 Å². The van der Waals surface area contributed by atoms with E-state index in [1.54, 1.807) is 36.7 Å². The van der Waals surface area contributed by atoms with E-state index in [9.17, 15) is 0 Å². The second kappa shape index (κ2) is 7.22. The highest BCUT2D eigenvalue weighted by Crippen LogP contribution is 2.19. The van der Waals surface area contributed by atoms with Gasteiger partial charge in [0, 0.05) is 29.5 Å².